The minimum absolute atomic E-state index is 0.0407. The first-order valence-electron chi connectivity index (χ1n) is 3.66. The van der Waals surface area contributed by atoms with Crippen LogP contribution in [-0.4, -0.2) is 12.1 Å². The fraction of sp³-hybridized carbons (Fsp3) is 0.375. The summed E-state index contributed by atoms with van der Waals surface area (Å²) in [6.07, 6.45) is -4.37. The van der Waals surface area contributed by atoms with Crippen LogP contribution in [0.15, 0.2) is 12.1 Å². The third kappa shape index (κ3) is 2.37. The average Bonchev–Trinajstić information content (AvgIpc) is 2.15. The van der Waals surface area contributed by atoms with E-state index in [1.54, 1.807) is 0 Å². The maximum Gasteiger partial charge on any atom is 0.418 e. The van der Waals surface area contributed by atoms with Gasteiger partial charge in [0.15, 0.2) is 0 Å². The summed E-state index contributed by atoms with van der Waals surface area (Å²) in [4.78, 5) is 3.69. The molecular formula is C8H7BrF3NO. The van der Waals surface area contributed by atoms with E-state index < -0.39 is 11.7 Å². The number of hydrogen-bond acceptors (Lipinski definition) is 2. The summed E-state index contributed by atoms with van der Waals surface area (Å²) in [5.74, 6) is 0.174. The number of pyridine rings is 1. The Balaban J connectivity index is 3.18. The first-order chi connectivity index (χ1) is 6.49. The van der Waals surface area contributed by atoms with Gasteiger partial charge >= 0.3 is 6.18 Å². The molecule has 0 aliphatic heterocycles. The van der Waals surface area contributed by atoms with Gasteiger partial charge in [-0.3, -0.25) is 0 Å². The van der Waals surface area contributed by atoms with E-state index in [1.807, 2.05) is 0 Å². The minimum atomic E-state index is -4.37. The van der Waals surface area contributed by atoms with Crippen LogP contribution in [0.25, 0.3) is 0 Å². The summed E-state index contributed by atoms with van der Waals surface area (Å²) in [7, 11) is 1.35. The SMILES string of the molecule is COc1ccc(C(F)(F)F)c(CBr)n1. The van der Waals surface area contributed by atoms with Crippen molar-refractivity contribution < 1.29 is 17.9 Å². The lowest BCUT2D eigenvalue weighted by atomic mass is 10.2. The molecule has 0 bridgehead atoms. The molecule has 0 atom stereocenters. The van der Waals surface area contributed by atoms with Crippen LogP contribution in [0.3, 0.4) is 0 Å². The Labute approximate surface area is 87.2 Å². The van der Waals surface area contributed by atoms with Gasteiger partial charge in [-0.2, -0.15) is 13.2 Å². The largest absolute Gasteiger partial charge is 0.481 e. The van der Waals surface area contributed by atoms with Crippen molar-refractivity contribution in [2.75, 3.05) is 7.11 Å². The second kappa shape index (κ2) is 4.16. The highest BCUT2D eigenvalue weighted by Crippen LogP contribution is 2.32. The molecule has 0 N–H and O–H groups in total. The van der Waals surface area contributed by atoms with Gasteiger partial charge in [-0.25, -0.2) is 4.98 Å². The van der Waals surface area contributed by atoms with Gasteiger partial charge in [-0.1, -0.05) is 15.9 Å². The van der Waals surface area contributed by atoms with Gasteiger partial charge in [0.1, 0.15) is 0 Å². The van der Waals surface area contributed by atoms with Crippen LogP contribution in [-0.2, 0) is 11.5 Å². The van der Waals surface area contributed by atoms with Crippen molar-refractivity contribution in [3.8, 4) is 5.88 Å². The van der Waals surface area contributed by atoms with Gasteiger partial charge in [-0.15, -0.1) is 0 Å². The first kappa shape index (κ1) is 11.3. The van der Waals surface area contributed by atoms with Crippen molar-refractivity contribution >= 4 is 15.9 Å². The van der Waals surface area contributed by atoms with Gasteiger partial charge < -0.3 is 4.74 Å². The van der Waals surface area contributed by atoms with E-state index in [2.05, 4.69) is 20.9 Å². The molecule has 0 spiro atoms. The van der Waals surface area contributed by atoms with Crippen LogP contribution < -0.4 is 4.74 Å². The summed E-state index contributed by atoms with van der Waals surface area (Å²) >= 11 is 2.95. The maximum absolute atomic E-state index is 12.4. The molecule has 0 aliphatic rings. The topological polar surface area (TPSA) is 22.1 Å². The number of methoxy groups -OCH3 is 1. The Hall–Kier alpha value is -0.780. The maximum atomic E-state index is 12.4. The Morgan fingerprint density at radius 3 is 2.50 bits per heavy atom. The lowest BCUT2D eigenvalue weighted by Gasteiger charge is -2.10. The summed E-state index contributed by atoms with van der Waals surface area (Å²) in [5.41, 5.74) is -0.813. The lowest BCUT2D eigenvalue weighted by molar-refractivity contribution is -0.138. The number of halogens is 4. The molecular weight excluding hydrogens is 263 g/mol. The quantitative estimate of drug-likeness (QED) is 0.771. The molecule has 1 rings (SSSR count). The van der Waals surface area contributed by atoms with Crippen molar-refractivity contribution in [3.63, 3.8) is 0 Å². The number of hydrogen-bond donors (Lipinski definition) is 0. The predicted octanol–water partition coefficient (Wildman–Crippen LogP) is 3.00. The Morgan fingerprint density at radius 2 is 2.07 bits per heavy atom. The Kier molecular flexibility index (Phi) is 3.36. The number of alkyl halides is 4. The van der Waals surface area contributed by atoms with E-state index in [9.17, 15) is 13.2 Å². The molecule has 0 amide bonds. The minimum Gasteiger partial charge on any atom is -0.481 e. The smallest absolute Gasteiger partial charge is 0.418 e. The summed E-state index contributed by atoms with van der Waals surface area (Å²) in [6.45, 7) is 0. The van der Waals surface area contributed by atoms with E-state index in [4.69, 9.17) is 4.74 Å². The molecule has 2 nitrogen and oxygen atoms in total. The highest BCUT2D eigenvalue weighted by Gasteiger charge is 2.33. The molecule has 0 aromatic carbocycles. The second-order valence-corrected chi connectivity index (χ2v) is 3.04. The molecule has 0 radical (unpaired) electrons. The third-order valence-electron chi connectivity index (χ3n) is 1.59. The normalized spacial score (nSPS) is 11.5. The summed E-state index contributed by atoms with van der Waals surface area (Å²) < 4.78 is 41.8. The van der Waals surface area contributed by atoms with Gasteiger partial charge in [-0.05, 0) is 6.07 Å². The number of ether oxygens (including phenoxy) is 1. The Bertz CT molecular complexity index is 327. The molecule has 0 saturated heterocycles. The lowest BCUT2D eigenvalue weighted by Crippen LogP contribution is -2.10. The van der Waals surface area contributed by atoms with Crippen LogP contribution in [0, 0.1) is 0 Å². The molecule has 6 heteroatoms. The number of nitrogens with zero attached hydrogens (tertiary/aromatic N) is 1. The van der Waals surface area contributed by atoms with Gasteiger partial charge in [0, 0.05) is 11.4 Å². The van der Waals surface area contributed by atoms with Crippen LogP contribution in [0.1, 0.15) is 11.3 Å². The van der Waals surface area contributed by atoms with Crippen LogP contribution in [0.2, 0.25) is 0 Å². The van der Waals surface area contributed by atoms with Gasteiger partial charge in [0.2, 0.25) is 5.88 Å². The van der Waals surface area contributed by atoms with E-state index >= 15 is 0 Å². The highest BCUT2D eigenvalue weighted by molar-refractivity contribution is 9.08. The molecule has 0 unspecified atom stereocenters. The second-order valence-electron chi connectivity index (χ2n) is 2.48. The van der Waals surface area contributed by atoms with Crippen LogP contribution in [0.5, 0.6) is 5.88 Å². The zero-order valence-electron chi connectivity index (χ0n) is 7.23. The van der Waals surface area contributed by atoms with Gasteiger partial charge in [0.25, 0.3) is 0 Å². The third-order valence-corrected chi connectivity index (χ3v) is 2.12. The van der Waals surface area contributed by atoms with Crippen LogP contribution >= 0.6 is 15.9 Å². The fourth-order valence-corrected chi connectivity index (χ4v) is 1.38. The summed E-state index contributed by atoms with van der Waals surface area (Å²) in [6, 6.07) is 2.15. The Morgan fingerprint density at radius 1 is 1.43 bits per heavy atom. The van der Waals surface area contributed by atoms with E-state index in [1.165, 1.54) is 13.2 Å². The fourth-order valence-electron chi connectivity index (χ4n) is 0.955. The molecule has 14 heavy (non-hydrogen) atoms. The highest BCUT2D eigenvalue weighted by atomic mass is 79.9. The van der Waals surface area contributed by atoms with Crippen molar-refractivity contribution in [3.05, 3.63) is 23.4 Å². The zero-order valence-corrected chi connectivity index (χ0v) is 8.82. The standard InChI is InChI=1S/C8H7BrF3NO/c1-14-7-3-2-5(8(10,11)12)6(4-9)13-7/h2-3H,4H2,1H3. The van der Waals surface area contributed by atoms with Crippen molar-refractivity contribution in [2.24, 2.45) is 0 Å². The first-order valence-corrected chi connectivity index (χ1v) is 4.78. The zero-order chi connectivity index (χ0) is 10.8. The van der Waals surface area contributed by atoms with E-state index in [-0.39, 0.29) is 16.9 Å². The van der Waals surface area contributed by atoms with Crippen molar-refractivity contribution in [2.45, 2.75) is 11.5 Å². The molecule has 78 valence electrons. The van der Waals surface area contributed by atoms with Crippen LogP contribution in [0.4, 0.5) is 13.2 Å². The van der Waals surface area contributed by atoms with E-state index in [0.29, 0.717) is 0 Å². The predicted molar refractivity (Wildman–Crippen MR) is 48.4 cm³/mol. The van der Waals surface area contributed by atoms with Crippen molar-refractivity contribution in [1.82, 2.24) is 4.98 Å². The molecule has 1 aromatic rings. The van der Waals surface area contributed by atoms with E-state index in [0.717, 1.165) is 6.07 Å². The van der Waals surface area contributed by atoms with Crippen molar-refractivity contribution in [1.29, 1.82) is 0 Å². The average molecular weight is 270 g/mol. The van der Waals surface area contributed by atoms with Gasteiger partial charge in [0.05, 0.1) is 18.4 Å². The molecule has 0 saturated carbocycles. The summed E-state index contributed by atoms with van der Waals surface area (Å²) in [5, 5.41) is 0.0407. The molecule has 1 heterocycles. The molecule has 0 fully saturated rings. The number of rotatable bonds is 2. The molecule has 0 aliphatic carbocycles. The number of aromatic nitrogens is 1. The monoisotopic (exact) mass is 269 g/mol. The molecule has 1 aromatic heterocycles.